The van der Waals surface area contributed by atoms with E-state index in [1.807, 2.05) is 38.2 Å². The van der Waals surface area contributed by atoms with Crippen molar-refractivity contribution in [1.29, 1.82) is 0 Å². The van der Waals surface area contributed by atoms with Crippen molar-refractivity contribution in [2.24, 2.45) is 13.0 Å². The highest BCUT2D eigenvalue weighted by molar-refractivity contribution is 5.38. The molecule has 0 saturated carbocycles. The van der Waals surface area contributed by atoms with Crippen molar-refractivity contribution < 1.29 is 4.74 Å². The SMILES string of the molecule is C=CCO[C@@H]1C=CC=C[C@@H]1[C@@H](c1c(C)[nH][nH]c1=O)c1c(C)[nH]n(C)c1=O. The number of ether oxygens (including phenoxy) is 1. The van der Waals surface area contributed by atoms with Gasteiger partial charge >= 0.3 is 0 Å². The first kappa shape index (κ1) is 18.0. The Labute approximate surface area is 151 Å². The van der Waals surface area contributed by atoms with Crippen molar-refractivity contribution in [2.45, 2.75) is 25.9 Å². The van der Waals surface area contributed by atoms with Gasteiger partial charge in [-0.05, 0) is 13.8 Å². The van der Waals surface area contributed by atoms with Gasteiger partial charge in [0.15, 0.2) is 0 Å². The summed E-state index contributed by atoms with van der Waals surface area (Å²) in [5, 5.41) is 8.54. The summed E-state index contributed by atoms with van der Waals surface area (Å²) in [5.74, 6) is -0.635. The first-order valence-electron chi connectivity index (χ1n) is 8.55. The highest BCUT2D eigenvalue weighted by Crippen LogP contribution is 2.37. The summed E-state index contributed by atoms with van der Waals surface area (Å²) in [6.45, 7) is 7.76. The topological polar surface area (TPSA) is 95.7 Å². The van der Waals surface area contributed by atoms with Gasteiger partial charge in [0.1, 0.15) is 0 Å². The average molecular weight is 356 g/mol. The third kappa shape index (κ3) is 3.06. The van der Waals surface area contributed by atoms with Gasteiger partial charge in [0.05, 0.1) is 12.7 Å². The average Bonchev–Trinajstić information content (AvgIpc) is 3.08. The lowest BCUT2D eigenvalue weighted by Gasteiger charge is -2.30. The number of H-pyrrole nitrogens is 3. The van der Waals surface area contributed by atoms with Crippen molar-refractivity contribution in [3.8, 4) is 0 Å². The van der Waals surface area contributed by atoms with Crippen LogP contribution in [0.3, 0.4) is 0 Å². The Kier molecular flexibility index (Phi) is 4.99. The summed E-state index contributed by atoms with van der Waals surface area (Å²) in [6.07, 6.45) is 9.20. The number of aryl methyl sites for hydroxylation is 3. The number of rotatable bonds is 6. The molecule has 0 saturated heterocycles. The number of aromatic nitrogens is 4. The molecule has 2 aromatic heterocycles. The van der Waals surface area contributed by atoms with Crippen LogP contribution >= 0.6 is 0 Å². The Bertz CT molecular complexity index is 970. The van der Waals surface area contributed by atoms with E-state index in [0.29, 0.717) is 23.4 Å². The minimum atomic E-state index is -0.439. The molecule has 0 aliphatic heterocycles. The van der Waals surface area contributed by atoms with Gasteiger partial charge in [0.2, 0.25) is 0 Å². The number of aromatic amines is 3. The lowest BCUT2D eigenvalue weighted by atomic mass is 9.76. The van der Waals surface area contributed by atoms with Crippen LogP contribution in [0.2, 0.25) is 0 Å². The summed E-state index contributed by atoms with van der Waals surface area (Å²) >= 11 is 0. The molecule has 3 atom stereocenters. The van der Waals surface area contributed by atoms with E-state index in [9.17, 15) is 9.59 Å². The van der Waals surface area contributed by atoms with E-state index in [1.165, 1.54) is 4.68 Å². The van der Waals surface area contributed by atoms with E-state index in [-0.39, 0.29) is 23.1 Å². The third-order valence-corrected chi connectivity index (χ3v) is 4.82. The minimum Gasteiger partial charge on any atom is -0.369 e. The van der Waals surface area contributed by atoms with Gasteiger partial charge < -0.3 is 9.84 Å². The highest BCUT2D eigenvalue weighted by Gasteiger charge is 2.37. The fraction of sp³-hybridized carbons (Fsp3) is 0.368. The Morgan fingerprint density at radius 3 is 2.50 bits per heavy atom. The zero-order valence-electron chi connectivity index (χ0n) is 15.2. The molecule has 1 aliphatic carbocycles. The van der Waals surface area contributed by atoms with Crippen molar-refractivity contribution in [3.05, 3.63) is 80.2 Å². The molecule has 0 spiro atoms. The molecule has 2 aromatic rings. The summed E-state index contributed by atoms with van der Waals surface area (Å²) in [4.78, 5) is 25.4. The van der Waals surface area contributed by atoms with Crippen LogP contribution in [0.4, 0.5) is 0 Å². The molecule has 0 fully saturated rings. The number of hydrogen-bond donors (Lipinski definition) is 3. The number of allylic oxidation sites excluding steroid dienone is 2. The maximum atomic E-state index is 12.8. The molecule has 2 heterocycles. The molecule has 0 aromatic carbocycles. The molecule has 0 unspecified atom stereocenters. The maximum absolute atomic E-state index is 12.8. The molecule has 0 bridgehead atoms. The summed E-state index contributed by atoms with van der Waals surface area (Å²) in [5.41, 5.74) is 2.24. The molecule has 3 N–H and O–H groups in total. The lowest BCUT2D eigenvalue weighted by molar-refractivity contribution is 0.0726. The van der Waals surface area contributed by atoms with Crippen LogP contribution < -0.4 is 11.1 Å². The fourth-order valence-electron chi connectivity index (χ4n) is 3.68. The standard InChI is InChI=1S/C19H24N4O3/c1-5-10-26-14-9-7-6-8-13(14)17(15-11(2)20-21-18(15)24)16-12(3)22-23(4)19(16)25/h5-9,13-14,17,22H,1,10H2,2-4H3,(H2,20,21,24)/t13-,14+,17-/m0/s1. The summed E-state index contributed by atoms with van der Waals surface area (Å²) in [6, 6.07) is 0. The monoisotopic (exact) mass is 356 g/mol. The second kappa shape index (κ2) is 7.21. The molecule has 138 valence electrons. The van der Waals surface area contributed by atoms with Crippen LogP contribution in [0.1, 0.15) is 28.4 Å². The first-order chi connectivity index (χ1) is 12.5. The Hall–Kier alpha value is -2.80. The van der Waals surface area contributed by atoms with E-state index in [2.05, 4.69) is 21.9 Å². The molecule has 0 amide bonds. The van der Waals surface area contributed by atoms with Crippen LogP contribution in [0, 0.1) is 19.8 Å². The number of nitrogens with zero attached hydrogens (tertiary/aromatic N) is 1. The van der Waals surface area contributed by atoms with Gasteiger partial charge in [-0.25, -0.2) is 0 Å². The van der Waals surface area contributed by atoms with Gasteiger partial charge in [0, 0.05) is 41.4 Å². The fourth-order valence-corrected chi connectivity index (χ4v) is 3.68. The molecule has 1 aliphatic rings. The molecule has 7 nitrogen and oxygen atoms in total. The van der Waals surface area contributed by atoms with Gasteiger partial charge in [-0.2, -0.15) is 0 Å². The molecule has 0 radical (unpaired) electrons. The zero-order chi connectivity index (χ0) is 18.8. The third-order valence-electron chi connectivity index (χ3n) is 4.82. The predicted molar refractivity (Wildman–Crippen MR) is 100 cm³/mol. The van der Waals surface area contributed by atoms with E-state index in [1.54, 1.807) is 13.1 Å². The van der Waals surface area contributed by atoms with Crippen molar-refractivity contribution in [3.63, 3.8) is 0 Å². The van der Waals surface area contributed by atoms with Gasteiger partial charge in [-0.15, -0.1) is 6.58 Å². The molecule has 3 rings (SSSR count). The largest absolute Gasteiger partial charge is 0.369 e. The molecule has 7 heteroatoms. The second-order valence-electron chi connectivity index (χ2n) is 6.54. The first-order valence-corrected chi connectivity index (χ1v) is 8.55. The smallest absolute Gasteiger partial charge is 0.270 e. The second-order valence-corrected chi connectivity index (χ2v) is 6.54. The van der Waals surface area contributed by atoms with Crippen LogP contribution in [-0.2, 0) is 11.8 Å². The Morgan fingerprint density at radius 1 is 1.19 bits per heavy atom. The van der Waals surface area contributed by atoms with Crippen molar-refractivity contribution in [1.82, 2.24) is 20.0 Å². The Balaban J connectivity index is 2.20. The summed E-state index contributed by atoms with van der Waals surface area (Å²) < 4.78 is 7.35. The lowest BCUT2D eigenvalue weighted by Crippen LogP contribution is -2.34. The van der Waals surface area contributed by atoms with Gasteiger partial charge in [0.25, 0.3) is 11.1 Å². The summed E-state index contributed by atoms with van der Waals surface area (Å²) in [7, 11) is 1.67. The van der Waals surface area contributed by atoms with Crippen LogP contribution in [0.5, 0.6) is 0 Å². The van der Waals surface area contributed by atoms with Crippen LogP contribution in [0.25, 0.3) is 0 Å². The van der Waals surface area contributed by atoms with Gasteiger partial charge in [-0.3, -0.25) is 24.5 Å². The number of nitrogens with one attached hydrogen (secondary N) is 3. The number of hydrogen-bond acceptors (Lipinski definition) is 3. The highest BCUT2D eigenvalue weighted by atomic mass is 16.5. The molecular formula is C19H24N4O3. The van der Waals surface area contributed by atoms with Crippen molar-refractivity contribution >= 4 is 0 Å². The minimum absolute atomic E-state index is 0.141. The molecular weight excluding hydrogens is 332 g/mol. The van der Waals surface area contributed by atoms with E-state index >= 15 is 0 Å². The van der Waals surface area contributed by atoms with E-state index in [0.717, 1.165) is 5.69 Å². The maximum Gasteiger partial charge on any atom is 0.270 e. The Morgan fingerprint density at radius 2 is 1.92 bits per heavy atom. The van der Waals surface area contributed by atoms with Crippen LogP contribution in [-0.4, -0.2) is 32.7 Å². The quantitative estimate of drug-likeness (QED) is 0.689. The van der Waals surface area contributed by atoms with Crippen LogP contribution in [0.15, 0.2) is 46.5 Å². The van der Waals surface area contributed by atoms with Crippen molar-refractivity contribution in [2.75, 3.05) is 6.61 Å². The van der Waals surface area contributed by atoms with E-state index < -0.39 is 5.92 Å². The van der Waals surface area contributed by atoms with Gasteiger partial charge in [-0.1, -0.05) is 30.4 Å². The molecule has 26 heavy (non-hydrogen) atoms. The normalized spacial score (nSPS) is 20.4. The zero-order valence-corrected chi connectivity index (χ0v) is 15.2. The van der Waals surface area contributed by atoms with E-state index in [4.69, 9.17) is 4.74 Å². The predicted octanol–water partition coefficient (Wildman–Crippen LogP) is 1.79.